The van der Waals surface area contributed by atoms with Crippen LogP contribution in [-0.2, 0) is 0 Å². The van der Waals surface area contributed by atoms with E-state index in [0.717, 1.165) is 112 Å². The Balaban J connectivity index is 1.50. The number of ether oxygens (including phenoxy) is 4. The molecule has 0 fully saturated rings. The van der Waals surface area contributed by atoms with Gasteiger partial charge in [0, 0.05) is 38.8 Å². The molecule has 8 nitrogen and oxygen atoms in total. The SMILES string of the molecule is COc1ccc(C2=Cc3cc4ccc(cc5nc(cc6[nH]c(c(-c7ccc(OC)cc7)c2n3)c(-c2ccc(OC)cc2)c6-c2ccc(OC)cc2)C=C5)[nH]4)cc1. The number of nitrogens with one attached hydrogen (secondary N) is 2. The fourth-order valence-corrected chi connectivity index (χ4v) is 7.39. The van der Waals surface area contributed by atoms with Gasteiger partial charge in [0.2, 0.25) is 0 Å². The Kier molecular flexibility index (Phi) is 8.91. The van der Waals surface area contributed by atoms with Crippen LogP contribution in [0, 0.1) is 0 Å². The maximum Gasteiger partial charge on any atom is 0.118 e. The molecule has 0 atom stereocenters. The Labute approximate surface area is 324 Å². The molecule has 3 aromatic heterocycles. The first-order chi connectivity index (χ1) is 27.5. The quantitative estimate of drug-likeness (QED) is 0.161. The van der Waals surface area contributed by atoms with E-state index >= 15 is 0 Å². The van der Waals surface area contributed by atoms with Crippen LogP contribution in [0.1, 0.15) is 28.3 Å². The van der Waals surface area contributed by atoms with E-state index in [1.807, 2.05) is 60.7 Å². The lowest BCUT2D eigenvalue weighted by atomic mass is 9.91. The lowest BCUT2D eigenvalue weighted by molar-refractivity contribution is 0.414. The number of nitrogens with zero attached hydrogens (tertiary/aromatic N) is 2. The van der Waals surface area contributed by atoms with Crippen LogP contribution in [0.4, 0.5) is 0 Å². The Hall–Kier alpha value is -7.32. The molecule has 2 aliphatic rings. The summed E-state index contributed by atoms with van der Waals surface area (Å²) < 4.78 is 22.4. The Morgan fingerprint density at radius 1 is 0.411 bits per heavy atom. The molecule has 0 amide bonds. The molecule has 2 N–H and O–H groups in total. The number of H-pyrrole nitrogens is 2. The zero-order valence-corrected chi connectivity index (χ0v) is 31.4. The molecule has 0 spiro atoms. The van der Waals surface area contributed by atoms with Gasteiger partial charge >= 0.3 is 0 Å². The van der Waals surface area contributed by atoms with Crippen molar-refractivity contribution in [2.75, 3.05) is 28.4 Å². The minimum atomic E-state index is 0.759. The number of aromatic amines is 2. The number of hydrogen-bond donors (Lipinski definition) is 2. The summed E-state index contributed by atoms with van der Waals surface area (Å²) in [5.41, 5.74) is 14.8. The number of rotatable bonds is 8. The fraction of sp³-hybridized carbons (Fsp3) is 0.0833. The molecular weight excluding hydrogens is 697 g/mol. The fourth-order valence-electron chi connectivity index (χ4n) is 7.39. The minimum absolute atomic E-state index is 0.759. The van der Waals surface area contributed by atoms with Crippen molar-refractivity contribution >= 4 is 45.9 Å². The van der Waals surface area contributed by atoms with Crippen LogP contribution in [0.3, 0.4) is 0 Å². The van der Waals surface area contributed by atoms with Gasteiger partial charge in [-0.1, -0.05) is 48.5 Å². The second-order valence-corrected chi connectivity index (χ2v) is 13.5. The molecule has 2 aliphatic heterocycles. The van der Waals surface area contributed by atoms with E-state index < -0.39 is 0 Å². The monoisotopic (exact) mass is 734 g/mol. The number of hydrogen-bond acceptors (Lipinski definition) is 6. The van der Waals surface area contributed by atoms with Gasteiger partial charge in [0.25, 0.3) is 0 Å². The minimum Gasteiger partial charge on any atom is -0.497 e. The second-order valence-electron chi connectivity index (χ2n) is 13.5. The van der Waals surface area contributed by atoms with Gasteiger partial charge < -0.3 is 28.9 Å². The molecule has 0 saturated heterocycles. The van der Waals surface area contributed by atoms with Crippen molar-refractivity contribution in [2.24, 2.45) is 0 Å². The van der Waals surface area contributed by atoms with E-state index in [1.54, 1.807) is 28.4 Å². The summed E-state index contributed by atoms with van der Waals surface area (Å²) in [5.74, 6) is 3.08. The van der Waals surface area contributed by atoms with Gasteiger partial charge in [-0.15, -0.1) is 0 Å². The predicted molar refractivity (Wildman–Crippen MR) is 226 cm³/mol. The van der Waals surface area contributed by atoms with E-state index in [9.17, 15) is 0 Å². The van der Waals surface area contributed by atoms with Gasteiger partial charge in [-0.05, 0) is 119 Å². The third-order valence-corrected chi connectivity index (χ3v) is 10.2. The van der Waals surface area contributed by atoms with Crippen LogP contribution in [0.5, 0.6) is 23.0 Å². The second kappa shape index (κ2) is 14.5. The lowest BCUT2D eigenvalue weighted by Crippen LogP contribution is -1.94. The molecule has 0 radical (unpaired) electrons. The first kappa shape index (κ1) is 34.4. The summed E-state index contributed by atoms with van der Waals surface area (Å²) >= 11 is 0. The van der Waals surface area contributed by atoms with Crippen molar-refractivity contribution in [3.8, 4) is 56.4 Å². The molecule has 274 valence electrons. The molecule has 4 aromatic carbocycles. The first-order valence-corrected chi connectivity index (χ1v) is 18.3. The van der Waals surface area contributed by atoms with Gasteiger partial charge in [0.15, 0.2) is 0 Å². The predicted octanol–water partition coefficient (Wildman–Crippen LogP) is 11.1. The lowest BCUT2D eigenvalue weighted by Gasteiger charge is -2.13. The van der Waals surface area contributed by atoms with Gasteiger partial charge in [-0.3, -0.25) is 0 Å². The molecular formula is C48H38N4O4. The maximum atomic E-state index is 5.64. The van der Waals surface area contributed by atoms with Crippen LogP contribution < -0.4 is 18.9 Å². The maximum absolute atomic E-state index is 5.64. The van der Waals surface area contributed by atoms with E-state index in [0.29, 0.717) is 0 Å². The van der Waals surface area contributed by atoms with Crippen molar-refractivity contribution in [2.45, 2.75) is 0 Å². The summed E-state index contributed by atoms with van der Waals surface area (Å²) in [6.07, 6.45) is 6.24. The summed E-state index contributed by atoms with van der Waals surface area (Å²) in [6, 6.07) is 43.1. The normalized spacial score (nSPS) is 12.0. The van der Waals surface area contributed by atoms with Crippen molar-refractivity contribution in [1.29, 1.82) is 0 Å². The van der Waals surface area contributed by atoms with E-state index in [2.05, 4.69) is 94.9 Å². The Morgan fingerprint density at radius 3 is 1.38 bits per heavy atom. The van der Waals surface area contributed by atoms with E-state index in [1.165, 1.54) is 0 Å². The highest BCUT2D eigenvalue weighted by molar-refractivity contribution is 6.11. The Morgan fingerprint density at radius 2 is 0.857 bits per heavy atom. The molecule has 8 bridgehead atoms. The van der Waals surface area contributed by atoms with Gasteiger partial charge in [-0.2, -0.15) is 0 Å². The molecule has 5 heterocycles. The van der Waals surface area contributed by atoms with E-state index in [-0.39, 0.29) is 0 Å². The molecule has 9 rings (SSSR count). The third-order valence-electron chi connectivity index (χ3n) is 10.2. The van der Waals surface area contributed by atoms with Crippen LogP contribution in [0.2, 0.25) is 0 Å². The smallest absolute Gasteiger partial charge is 0.118 e. The third kappa shape index (κ3) is 6.47. The van der Waals surface area contributed by atoms with E-state index in [4.69, 9.17) is 28.9 Å². The molecule has 56 heavy (non-hydrogen) atoms. The standard InChI is InChI=1S/C48H38N4O4/c1-53-38-17-5-29(6-18-38)42-27-37-26-35-14-13-33(49-35)25-34-15-16-36(50-34)28-43-44(30-7-19-39(54-2)20-8-30)45(31-9-21-40(55-3)22-10-31)48(52-43)46(47(42)51-37)32-11-23-41(56-4)24-12-32/h5-28,49,52H,1-4H3. The average Bonchev–Trinajstić information content (AvgIpc) is 4.06. The van der Waals surface area contributed by atoms with Gasteiger partial charge in [0.05, 0.1) is 56.7 Å². The Bertz CT molecular complexity index is 2810. The zero-order chi connectivity index (χ0) is 38.2. The number of fused-ring (bicyclic) bond motifs is 8. The van der Waals surface area contributed by atoms with Crippen molar-refractivity contribution < 1.29 is 18.9 Å². The van der Waals surface area contributed by atoms with Crippen molar-refractivity contribution in [3.05, 3.63) is 156 Å². The highest BCUT2D eigenvalue weighted by Gasteiger charge is 2.25. The number of aromatic nitrogens is 4. The topological polar surface area (TPSA) is 94.3 Å². The summed E-state index contributed by atoms with van der Waals surface area (Å²) in [7, 11) is 6.72. The zero-order valence-electron chi connectivity index (χ0n) is 31.4. The molecule has 0 saturated carbocycles. The van der Waals surface area contributed by atoms with Gasteiger partial charge in [-0.25, -0.2) is 9.97 Å². The molecule has 7 aromatic rings. The number of benzene rings is 4. The largest absolute Gasteiger partial charge is 0.497 e. The first-order valence-electron chi connectivity index (χ1n) is 18.3. The van der Waals surface area contributed by atoms with Crippen LogP contribution in [0.25, 0.3) is 79.2 Å². The van der Waals surface area contributed by atoms with Crippen LogP contribution >= 0.6 is 0 Å². The highest BCUT2D eigenvalue weighted by Crippen LogP contribution is 2.46. The summed E-state index contributed by atoms with van der Waals surface area (Å²) in [6.45, 7) is 0. The van der Waals surface area contributed by atoms with Crippen molar-refractivity contribution in [3.63, 3.8) is 0 Å². The summed E-state index contributed by atoms with van der Waals surface area (Å²) in [4.78, 5) is 18.0. The van der Waals surface area contributed by atoms with Gasteiger partial charge in [0.1, 0.15) is 23.0 Å². The van der Waals surface area contributed by atoms with Crippen LogP contribution in [0.15, 0.2) is 127 Å². The number of methoxy groups -OCH3 is 4. The van der Waals surface area contributed by atoms with Crippen molar-refractivity contribution in [1.82, 2.24) is 19.9 Å². The summed E-state index contributed by atoms with van der Waals surface area (Å²) in [5, 5.41) is 0. The molecule has 8 heteroatoms. The average molecular weight is 735 g/mol. The molecule has 0 aliphatic carbocycles. The molecule has 0 unspecified atom stereocenters. The highest BCUT2D eigenvalue weighted by atomic mass is 16.5. The van der Waals surface area contributed by atoms with Crippen LogP contribution in [-0.4, -0.2) is 48.4 Å².